The maximum absolute atomic E-state index is 13.4. The molecule has 4 nitrogen and oxygen atoms in total. The van der Waals surface area contributed by atoms with E-state index in [4.69, 9.17) is 0 Å². The van der Waals surface area contributed by atoms with E-state index in [1.165, 1.54) is 24.4 Å². The molecular weight excluding hydrogens is 247 g/mol. The molecule has 5 heteroatoms. The maximum atomic E-state index is 13.4. The summed E-state index contributed by atoms with van der Waals surface area (Å²) in [4.78, 5) is 15.6. The van der Waals surface area contributed by atoms with Crippen molar-refractivity contribution in [3.05, 3.63) is 65.7 Å². The number of pyridine rings is 1. The average molecular weight is 260 g/mol. The molecule has 98 valence electrons. The summed E-state index contributed by atoms with van der Waals surface area (Å²) in [6, 6.07) is 10.9. The van der Waals surface area contributed by atoms with Gasteiger partial charge in [0, 0.05) is 18.3 Å². The molecule has 2 N–H and O–H groups in total. The van der Waals surface area contributed by atoms with Gasteiger partial charge in [-0.15, -0.1) is 0 Å². The number of nitrogens with one attached hydrogen (secondary N) is 1. The molecule has 0 aliphatic rings. The molecule has 0 radical (unpaired) electrons. The highest BCUT2D eigenvalue weighted by atomic mass is 19.1. The monoisotopic (exact) mass is 260 g/mol. The van der Waals surface area contributed by atoms with Crippen LogP contribution >= 0.6 is 0 Å². The van der Waals surface area contributed by atoms with Gasteiger partial charge < -0.3 is 10.4 Å². The van der Waals surface area contributed by atoms with Gasteiger partial charge in [-0.05, 0) is 18.2 Å². The van der Waals surface area contributed by atoms with E-state index in [1.807, 2.05) is 0 Å². The Hall–Kier alpha value is -2.27. The Bertz CT molecular complexity index is 560. The summed E-state index contributed by atoms with van der Waals surface area (Å²) >= 11 is 0. The molecule has 1 aromatic heterocycles. The van der Waals surface area contributed by atoms with E-state index >= 15 is 0 Å². The van der Waals surface area contributed by atoms with Gasteiger partial charge in [0.1, 0.15) is 11.5 Å². The number of hydrogen-bond acceptors (Lipinski definition) is 3. The summed E-state index contributed by atoms with van der Waals surface area (Å²) in [6.45, 7) is -0.0731. The minimum Gasteiger partial charge on any atom is -0.386 e. The lowest BCUT2D eigenvalue weighted by Gasteiger charge is -2.12. The predicted octanol–water partition coefficient (Wildman–Crippen LogP) is 1.68. The molecule has 19 heavy (non-hydrogen) atoms. The number of rotatable bonds is 4. The summed E-state index contributed by atoms with van der Waals surface area (Å²) < 4.78 is 13.4. The molecule has 0 aliphatic carbocycles. The standard InChI is InChI=1S/C14H13FN2O2/c15-11-6-2-1-5-10(11)13(18)9-17-14(19)12-7-3-4-8-16-12/h1-8,13,18H,9H2,(H,17,19). The first-order chi connectivity index (χ1) is 9.18. The lowest BCUT2D eigenvalue weighted by atomic mass is 10.1. The number of hydrogen-bond donors (Lipinski definition) is 2. The minimum absolute atomic E-state index is 0.0731. The van der Waals surface area contributed by atoms with E-state index in [-0.39, 0.29) is 17.8 Å². The van der Waals surface area contributed by atoms with Crippen LogP contribution in [-0.2, 0) is 0 Å². The van der Waals surface area contributed by atoms with Crippen molar-refractivity contribution in [2.45, 2.75) is 6.10 Å². The lowest BCUT2D eigenvalue weighted by Crippen LogP contribution is -2.29. The first-order valence-corrected chi connectivity index (χ1v) is 5.80. The highest BCUT2D eigenvalue weighted by Crippen LogP contribution is 2.15. The van der Waals surface area contributed by atoms with Gasteiger partial charge in [0.05, 0.1) is 6.10 Å². The van der Waals surface area contributed by atoms with Crippen LogP contribution in [0.2, 0.25) is 0 Å². The third-order valence-corrected chi connectivity index (χ3v) is 2.62. The molecule has 1 aromatic carbocycles. The number of aromatic nitrogens is 1. The van der Waals surface area contributed by atoms with Gasteiger partial charge >= 0.3 is 0 Å². The molecule has 0 bridgehead atoms. The second-order valence-corrected chi connectivity index (χ2v) is 3.96. The van der Waals surface area contributed by atoms with Crippen molar-refractivity contribution in [1.29, 1.82) is 0 Å². The number of carbonyl (C=O) groups excluding carboxylic acids is 1. The molecular formula is C14H13FN2O2. The van der Waals surface area contributed by atoms with Crippen molar-refractivity contribution in [3.63, 3.8) is 0 Å². The molecule has 1 heterocycles. The zero-order valence-electron chi connectivity index (χ0n) is 10.1. The number of amides is 1. The fourth-order valence-electron chi connectivity index (χ4n) is 1.63. The van der Waals surface area contributed by atoms with Gasteiger partial charge in [0.25, 0.3) is 5.91 Å². The Kier molecular flexibility index (Phi) is 4.20. The number of aliphatic hydroxyl groups is 1. The Balaban J connectivity index is 1.96. The highest BCUT2D eigenvalue weighted by molar-refractivity contribution is 5.92. The molecule has 0 saturated carbocycles. The first-order valence-electron chi connectivity index (χ1n) is 5.80. The van der Waals surface area contributed by atoms with Crippen LogP contribution in [0.25, 0.3) is 0 Å². The van der Waals surface area contributed by atoms with Crippen LogP contribution in [-0.4, -0.2) is 22.5 Å². The topological polar surface area (TPSA) is 62.2 Å². The van der Waals surface area contributed by atoms with Crippen LogP contribution in [0.15, 0.2) is 48.7 Å². The number of aliphatic hydroxyl groups excluding tert-OH is 1. The second-order valence-electron chi connectivity index (χ2n) is 3.96. The molecule has 2 aromatic rings. The van der Waals surface area contributed by atoms with E-state index in [2.05, 4.69) is 10.3 Å². The largest absolute Gasteiger partial charge is 0.386 e. The first kappa shape index (κ1) is 13.2. The molecule has 1 unspecified atom stereocenters. The molecule has 0 spiro atoms. The van der Waals surface area contributed by atoms with Gasteiger partial charge in [0.2, 0.25) is 0 Å². The number of nitrogens with zero attached hydrogens (tertiary/aromatic N) is 1. The van der Waals surface area contributed by atoms with Crippen molar-refractivity contribution in [3.8, 4) is 0 Å². The molecule has 1 amide bonds. The van der Waals surface area contributed by atoms with Gasteiger partial charge in [-0.3, -0.25) is 9.78 Å². The lowest BCUT2D eigenvalue weighted by molar-refractivity contribution is 0.0909. The highest BCUT2D eigenvalue weighted by Gasteiger charge is 2.14. The number of benzene rings is 1. The summed E-state index contributed by atoms with van der Waals surface area (Å²) in [5.41, 5.74) is 0.409. The predicted molar refractivity (Wildman–Crippen MR) is 67.9 cm³/mol. The van der Waals surface area contributed by atoms with Crippen molar-refractivity contribution in [1.82, 2.24) is 10.3 Å². The van der Waals surface area contributed by atoms with E-state index < -0.39 is 17.8 Å². The van der Waals surface area contributed by atoms with Crippen LogP contribution in [0.5, 0.6) is 0 Å². The fraction of sp³-hybridized carbons (Fsp3) is 0.143. The Labute approximate surface area is 109 Å². The van der Waals surface area contributed by atoms with Crippen LogP contribution in [0.1, 0.15) is 22.2 Å². The number of carbonyl (C=O) groups is 1. The summed E-state index contributed by atoms with van der Waals surface area (Å²) in [7, 11) is 0. The van der Waals surface area contributed by atoms with Gasteiger partial charge in [0.15, 0.2) is 0 Å². The van der Waals surface area contributed by atoms with E-state index in [0.717, 1.165) is 0 Å². The Morgan fingerprint density at radius 2 is 2.00 bits per heavy atom. The number of halogens is 1. The SMILES string of the molecule is O=C(NCC(O)c1ccccc1F)c1ccccn1. The third kappa shape index (κ3) is 3.35. The zero-order valence-corrected chi connectivity index (χ0v) is 10.1. The third-order valence-electron chi connectivity index (χ3n) is 2.62. The molecule has 2 rings (SSSR count). The minimum atomic E-state index is -1.09. The normalized spacial score (nSPS) is 11.9. The van der Waals surface area contributed by atoms with E-state index in [9.17, 15) is 14.3 Å². The van der Waals surface area contributed by atoms with Crippen LogP contribution < -0.4 is 5.32 Å². The molecule has 0 aliphatic heterocycles. The average Bonchev–Trinajstić information content (AvgIpc) is 2.46. The van der Waals surface area contributed by atoms with Crippen LogP contribution in [0.3, 0.4) is 0 Å². The molecule has 0 saturated heterocycles. The van der Waals surface area contributed by atoms with E-state index in [0.29, 0.717) is 0 Å². The summed E-state index contributed by atoms with van der Waals surface area (Å²) in [5, 5.41) is 12.3. The van der Waals surface area contributed by atoms with Gasteiger partial charge in [-0.1, -0.05) is 24.3 Å². The van der Waals surface area contributed by atoms with Crippen molar-refractivity contribution < 1.29 is 14.3 Å². The van der Waals surface area contributed by atoms with Crippen LogP contribution in [0, 0.1) is 5.82 Å². The quantitative estimate of drug-likeness (QED) is 0.879. The van der Waals surface area contributed by atoms with Gasteiger partial charge in [-0.2, -0.15) is 0 Å². The summed E-state index contributed by atoms with van der Waals surface area (Å²) in [5.74, 6) is -0.905. The van der Waals surface area contributed by atoms with E-state index in [1.54, 1.807) is 24.3 Å². The zero-order chi connectivity index (χ0) is 13.7. The van der Waals surface area contributed by atoms with Crippen molar-refractivity contribution in [2.75, 3.05) is 6.54 Å². The summed E-state index contributed by atoms with van der Waals surface area (Å²) in [6.07, 6.45) is 0.413. The van der Waals surface area contributed by atoms with Crippen molar-refractivity contribution >= 4 is 5.91 Å². The molecule has 0 fully saturated rings. The maximum Gasteiger partial charge on any atom is 0.269 e. The van der Waals surface area contributed by atoms with Crippen LogP contribution in [0.4, 0.5) is 4.39 Å². The smallest absolute Gasteiger partial charge is 0.269 e. The van der Waals surface area contributed by atoms with Gasteiger partial charge in [-0.25, -0.2) is 4.39 Å². The fourth-order valence-corrected chi connectivity index (χ4v) is 1.63. The Morgan fingerprint density at radius 1 is 1.26 bits per heavy atom. The molecule has 1 atom stereocenters. The van der Waals surface area contributed by atoms with Crippen molar-refractivity contribution in [2.24, 2.45) is 0 Å². The second kappa shape index (κ2) is 6.06. The Morgan fingerprint density at radius 3 is 2.68 bits per heavy atom.